The van der Waals surface area contributed by atoms with Gasteiger partial charge in [0.05, 0.1) is 17.6 Å². The molecule has 1 N–H and O–H groups in total. The first-order valence-corrected chi connectivity index (χ1v) is 9.98. The van der Waals surface area contributed by atoms with Crippen LogP contribution in [0.5, 0.6) is 0 Å². The molecular formula is C23H23ClN2O3. The summed E-state index contributed by atoms with van der Waals surface area (Å²) < 4.78 is 6.17. The second-order valence-corrected chi connectivity index (χ2v) is 6.78. The molecule has 150 valence electrons. The highest BCUT2D eigenvalue weighted by Gasteiger charge is 2.20. The van der Waals surface area contributed by atoms with Gasteiger partial charge in [-0.15, -0.1) is 0 Å². The highest BCUT2D eigenvalue weighted by molar-refractivity contribution is 6.32. The average Bonchev–Trinajstić information content (AvgIpc) is 3.07. The molecule has 2 heterocycles. The van der Waals surface area contributed by atoms with Gasteiger partial charge >= 0.3 is 6.09 Å². The molecule has 0 amide bonds. The minimum Gasteiger partial charge on any atom is -0.449 e. The summed E-state index contributed by atoms with van der Waals surface area (Å²) in [5, 5.41) is 1.21. The van der Waals surface area contributed by atoms with Gasteiger partial charge in [0.25, 0.3) is 5.56 Å². The normalized spacial score (nSPS) is 10.7. The van der Waals surface area contributed by atoms with Crippen LogP contribution in [0.15, 0.2) is 53.3 Å². The number of nitrogens with one attached hydrogen (secondary N) is 1. The van der Waals surface area contributed by atoms with Crippen LogP contribution < -0.4 is 5.56 Å². The molecule has 0 aliphatic rings. The summed E-state index contributed by atoms with van der Waals surface area (Å²) in [5.74, 6) is 0. The van der Waals surface area contributed by atoms with Gasteiger partial charge in [-0.2, -0.15) is 0 Å². The molecule has 4 rings (SSSR count). The molecule has 0 aliphatic carbocycles. The van der Waals surface area contributed by atoms with E-state index in [0.717, 1.165) is 26.8 Å². The van der Waals surface area contributed by atoms with E-state index in [-0.39, 0.29) is 6.61 Å². The molecule has 6 heteroatoms. The maximum absolute atomic E-state index is 12.9. The number of hydrogen-bond acceptors (Lipinski definition) is 3. The molecule has 5 nitrogen and oxygen atoms in total. The number of benzene rings is 2. The van der Waals surface area contributed by atoms with Crippen LogP contribution in [-0.2, 0) is 4.74 Å². The zero-order valence-corrected chi connectivity index (χ0v) is 17.6. The summed E-state index contributed by atoms with van der Waals surface area (Å²) in [7, 11) is 0. The van der Waals surface area contributed by atoms with Gasteiger partial charge in [0.1, 0.15) is 0 Å². The molecule has 0 fully saturated rings. The van der Waals surface area contributed by atoms with E-state index in [4.69, 9.17) is 16.3 Å². The number of carbonyl (C=O) groups excluding carboxylic acids is 1. The van der Waals surface area contributed by atoms with E-state index in [9.17, 15) is 9.59 Å². The number of aryl methyl sites for hydroxylation is 1. The molecule has 2 aromatic carbocycles. The Morgan fingerprint density at radius 1 is 1.14 bits per heavy atom. The lowest BCUT2D eigenvalue weighted by Crippen LogP contribution is -2.27. The van der Waals surface area contributed by atoms with Gasteiger partial charge < -0.3 is 9.72 Å². The minimum absolute atomic E-state index is 0.176. The van der Waals surface area contributed by atoms with Crippen molar-refractivity contribution < 1.29 is 9.53 Å². The van der Waals surface area contributed by atoms with Crippen molar-refractivity contribution in [2.24, 2.45) is 0 Å². The molecule has 0 radical (unpaired) electrons. The summed E-state index contributed by atoms with van der Waals surface area (Å²) in [6.07, 6.45) is -0.704. The van der Waals surface area contributed by atoms with E-state index in [2.05, 4.69) is 4.98 Å². The first-order chi connectivity index (χ1) is 14.0. The van der Waals surface area contributed by atoms with Gasteiger partial charge in [0.15, 0.2) is 0 Å². The van der Waals surface area contributed by atoms with Crippen LogP contribution in [-0.4, -0.2) is 22.3 Å². The lowest BCUT2D eigenvalue weighted by atomic mass is 10.0. The van der Waals surface area contributed by atoms with Crippen molar-refractivity contribution in [3.8, 4) is 11.1 Å². The Labute approximate surface area is 173 Å². The number of nitrogens with zero attached hydrogens (tertiary/aromatic N) is 1. The molecule has 0 atom stereocenters. The highest BCUT2D eigenvalue weighted by Crippen LogP contribution is 2.33. The summed E-state index contributed by atoms with van der Waals surface area (Å²) in [6.45, 7) is 7.87. The van der Waals surface area contributed by atoms with E-state index in [0.29, 0.717) is 21.4 Å². The lowest BCUT2D eigenvalue weighted by molar-refractivity contribution is 0.154. The lowest BCUT2D eigenvalue weighted by Gasteiger charge is -2.10. The van der Waals surface area contributed by atoms with E-state index >= 15 is 0 Å². The molecule has 0 saturated heterocycles. The second-order valence-electron chi connectivity index (χ2n) is 6.34. The fraction of sp³-hybridized carbons (Fsp3) is 0.217. The number of ether oxygens (including phenoxy) is 1. The van der Waals surface area contributed by atoms with Crippen LogP contribution in [0.1, 0.15) is 26.3 Å². The van der Waals surface area contributed by atoms with E-state index in [1.807, 2.05) is 51.1 Å². The monoisotopic (exact) mass is 410 g/mol. The van der Waals surface area contributed by atoms with Gasteiger partial charge in [0, 0.05) is 27.6 Å². The van der Waals surface area contributed by atoms with Crippen molar-refractivity contribution in [1.29, 1.82) is 0 Å². The zero-order chi connectivity index (χ0) is 21.1. The maximum atomic E-state index is 12.9. The van der Waals surface area contributed by atoms with Crippen molar-refractivity contribution in [2.75, 3.05) is 6.61 Å². The van der Waals surface area contributed by atoms with Crippen LogP contribution in [0.2, 0.25) is 5.02 Å². The Kier molecular flexibility index (Phi) is 6.09. The van der Waals surface area contributed by atoms with Crippen LogP contribution in [0.3, 0.4) is 0 Å². The van der Waals surface area contributed by atoms with Crippen molar-refractivity contribution >= 4 is 39.6 Å². The number of rotatable bonds is 2. The fourth-order valence-electron chi connectivity index (χ4n) is 3.36. The Morgan fingerprint density at radius 2 is 1.90 bits per heavy atom. The third kappa shape index (κ3) is 3.78. The number of H-pyrrole nitrogens is 1. The molecule has 0 aliphatic heterocycles. The first-order valence-electron chi connectivity index (χ1n) is 9.60. The Hall–Kier alpha value is -3.05. The molecular weight excluding hydrogens is 388 g/mol. The average molecular weight is 411 g/mol. The maximum Gasteiger partial charge on any atom is 0.421 e. The van der Waals surface area contributed by atoms with Crippen molar-refractivity contribution in [1.82, 2.24) is 9.55 Å². The number of fused-ring (bicyclic) bond motifs is 3. The highest BCUT2D eigenvalue weighted by atomic mass is 35.5. The summed E-state index contributed by atoms with van der Waals surface area (Å²) in [4.78, 5) is 28.7. The second kappa shape index (κ2) is 8.53. The Balaban J connectivity index is 0.00000117. The third-order valence-electron chi connectivity index (χ3n) is 4.49. The zero-order valence-electron chi connectivity index (χ0n) is 16.9. The smallest absolute Gasteiger partial charge is 0.421 e. The molecule has 0 unspecified atom stereocenters. The number of aromatic amines is 1. The molecule has 29 heavy (non-hydrogen) atoms. The number of pyridine rings is 1. The SMILES string of the molecule is CC.CCOC(=O)n1c(=O)cc(-c2cccc(C)c2)c2[nH]c3ccc(Cl)cc3c21. The predicted octanol–water partition coefficient (Wildman–Crippen LogP) is 6.14. The van der Waals surface area contributed by atoms with Crippen LogP contribution in [0, 0.1) is 6.92 Å². The van der Waals surface area contributed by atoms with Crippen LogP contribution >= 0.6 is 11.6 Å². The number of carbonyl (C=O) groups is 1. The first kappa shape index (κ1) is 20.7. The van der Waals surface area contributed by atoms with Gasteiger partial charge in [-0.25, -0.2) is 9.36 Å². The third-order valence-corrected chi connectivity index (χ3v) is 4.73. The van der Waals surface area contributed by atoms with Gasteiger partial charge in [0.2, 0.25) is 0 Å². The number of hydrogen-bond donors (Lipinski definition) is 1. The standard InChI is InChI=1S/C21H17ClN2O3.C2H6/c1-3-27-21(26)24-18(25)11-15(13-6-4-5-12(2)9-13)19-20(24)16-10-14(22)7-8-17(16)23-19;1-2/h4-11,23H,3H2,1-2H3;1-2H3. The van der Waals surface area contributed by atoms with Gasteiger partial charge in [-0.3, -0.25) is 4.79 Å². The van der Waals surface area contributed by atoms with Gasteiger partial charge in [-0.05, 0) is 37.6 Å². The summed E-state index contributed by atoms with van der Waals surface area (Å²) in [6, 6.07) is 14.7. The predicted molar refractivity (Wildman–Crippen MR) is 119 cm³/mol. The summed E-state index contributed by atoms with van der Waals surface area (Å²) in [5.41, 5.74) is 4.19. The molecule has 2 aromatic heterocycles. The largest absolute Gasteiger partial charge is 0.449 e. The minimum atomic E-state index is -0.704. The quantitative estimate of drug-likeness (QED) is 0.431. The van der Waals surface area contributed by atoms with Crippen molar-refractivity contribution in [3.63, 3.8) is 0 Å². The van der Waals surface area contributed by atoms with E-state index in [1.54, 1.807) is 19.1 Å². The Morgan fingerprint density at radius 3 is 2.59 bits per heavy atom. The van der Waals surface area contributed by atoms with Crippen LogP contribution in [0.25, 0.3) is 33.1 Å². The van der Waals surface area contributed by atoms with Crippen molar-refractivity contribution in [2.45, 2.75) is 27.7 Å². The van der Waals surface area contributed by atoms with Crippen LogP contribution in [0.4, 0.5) is 4.79 Å². The van der Waals surface area contributed by atoms with Crippen molar-refractivity contribution in [3.05, 3.63) is 69.5 Å². The van der Waals surface area contributed by atoms with E-state index in [1.165, 1.54) is 6.07 Å². The molecule has 0 bridgehead atoms. The summed E-state index contributed by atoms with van der Waals surface area (Å²) >= 11 is 6.17. The molecule has 0 saturated carbocycles. The topological polar surface area (TPSA) is 64.1 Å². The number of halogens is 1. The van der Waals surface area contributed by atoms with E-state index < -0.39 is 11.7 Å². The molecule has 4 aromatic rings. The number of aromatic nitrogens is 2. The Bertz CT molecular complexity index is 1250. The molecule has 0 spiro atoms. The fourth-order valence-corrected chi connectivity index (χ4v) is 3.53. The van der Waals surface area contributed by atoms with Gasteiger partial charge in [-0.1, -0.05) is 55.3 Å².